The fourth-order valence-corrected chi connectivity index (χ4v) is 4.83. The lowest BCUT2D eigenvalue weighted by Gasteiger charge is -2.42. The number of fused-ring (bicyclic) bond motifs is 1. The fraction of sp³-hybridized carbons (Fsp3) is 0.636. The van der Waals surface area contributed by atoms with Gasteiger partial charge in [0.05, 0.1) is 11.7 Å². The minimum Gasteiger partial charge on any atom is -0.462 e. The summed E-state index contributed by atoms with van der Waals surface area (Å²) in [6, 6.07) is 0.652. The van der Waals surface area contributed by atoms with E-state index in [1.54, 1.807) is 4.90 Å². The maximum Gasteiger partial charge on any atom is 0.318 e. The SMILES string of the molecule is C=CC(=O)N1CCN(c2nc(OC[C@@H]3CCCN3C)nc3c2CNC3)C[C@@H]1CCC(N)=O. The number of likely N-dealkylation sites (tertiary alicyclic amines) is 1. The highest BCUT2D eigenvalue weighted by atomic mass is 16.5. The molecule has 0 bridgehead atoms. The Bertz CT molecular complexity index is 877. The molecule has 32 heavy (non-hydrogen) atoms. The topological polar surface area (TPSA) is 117 Å². The van der Waals surface area contributed by atoms with Gasteiger partial charge in [-0.25, -0.2) is 0 Å². The van der Waals surface area contributed by atoms with Crippen molar-refractivity contribution >= 4 is 17.6 Å². The van der Waals surface area contributed by atoms with Crippen LogP contribution in [0, 0.1) is 0 Å². The van der Waals surface area contributed by atoms with E-state index in [2.05, 4.69) is 33.7 Å². The van der Waals surface area contributed by atoms with Gasteiger partial charge in [-0.3, -0.25) is 9.59 Å². The highest BCUT2D eigenvalue weighted by molar-refractivity contribution is 5.87. The van der Waals surface area contributed by atoms with Crippen molar-refractivity contribution in [2.24, 2.45) is 5.73 Å². The number of rotatable bonds is 8. The van der Waals surface area contributed by atoms with Gasteiger partial charge in [-0.2, -0.15) is 9.97 Å². The van der Waals surface area contributed by atoms with E-state index < -0.39 is 0 Å². The number of hydrogen-bond donors (Lipinski definition) is 2. The Morgan fingerprint density at radius 2 is 2.09 bits per heavy atom. The number of nitrogens with one attached hydrogen (secondary N) is 1. The number of hydrogen-bond acceptors (Lipinski definition) is 8. The van der Waals surface area contributed by atoms with Gasteiger partial charge in [0.15, 0.2) is 0 Å². The smallest absolute Gasteiger partial charge is 0.318 e. The van der Waals surface area contributed by atoms with Crippen molar-refractivity contribution in [1.82, 2.24) is 25.1 Å². The molecule has 0 aliphatic carbocycles. The molecular weight excluding hydrogens is 410 g/mol. The van der Waals surface area contributed by atoms with E-state index in [0.29, 0.717) is 57.8 Å². The average Bonchev–Trinajstić information content (AvgIpc) is 3.43. The minimum atomic E-state index is -0.368. The zero-order valence-corrected chi connectivity index (χ0v) is 18.8. The van der Waals surface area contributed by atoms with Crippen LogP contribution in [0.2, 0.25) is 0 Å². The van der Waals surface area contributed by atoms with Crippen molar-refractivity contribution in [2.45, 2.75) is 50.9 Å². The number of carbonyl (C=O) groups is 2. The quantitative estimate of drug-likeness (QED) is 0.540. The molecule has 2 atom stereocenters. The molecule has 3 aliphatic heterocycles. The van der Waals surface area contributed by atoms with Gasteiger partial charge in [-0.05, 0) is 38.9 Å². The Kier molecular flexibility index (Phi) is 6.90. The van der Waals surface area contributed by atoms with Crippen LogP contribution in [0.1, 0.15) is 36.9 Å². The van der Waals surface area contributed by atoms with Gasteiger partial charge >= 0.3 is 6.01 Å². The van der Waals surface area contributed by atoms with Gasteiger partial charge in [0.1, 0.15) is 12.4 Å². The maximum absolute atomic E-state index is 12.4. The number of primary amides is 1. The second kappa shape index (κ2) is 9.83. The van der Waals surface area contributed by atoms with Gasteiger partial charge in [0.2, 0.25) is 11.8 Å². The van der Waals surface area contributed by atoms with Crippen LogP contribution in [-0.2, 0) is 22.7 Å². The third-order valence-electron chi connectivity index (χ3n) is 6.68. The normalized spacial score (nSPS) is 23.3. The molecule has 0 spiro atoms. The van der Waals surface area contributed by atoms with E-state index in [1.807, 2.05) is 0 Å². The number of piperazine rings is 1. The summed E-state index contributed by atoms with van der Waals surface area (Å²) in [6.07, 6.45) is 4.37. The Morgan fingerprint density at radius 1 is 1.25 bits per heavy atom. The molecule has 3 N–H and O–H groups in total. The molecule has 4 rings (SSSR count). The van der Waals surface area contributed by atoms with E-state index >= 15 is 0 Å². The Balaban J connectivity index is 1.53. The first-order valence-electron chi connectivity index (χ1n) is 11.4. The summed E-state index contributed by atoms with van der Waals surface area (Å²) in [6.45, 7) is 8.41. The number of ether oxygens (including phenoxy) is 1. The van der Waals surface area contributed by atoms with Crippen molar-refractivity contribution in [3.05, 3.63) is 23.9 Å². The van der Waals surface area contributed by atoms with Crippen molar-refractivity contribution in [3.63, 3.8) is 0 Å². The molecule has 0 saturated carbocycles. The molecular formula is C22H33N7O3. The third-order valence-corrected chi connectivity index (χ3v) is 6.68. The lowest BCUT2D eigenvalue weighted by Crippen LogP contribution is -2.55. The molecule has 174 valence electrons. The van der Waals surface area contributed by atoms with Crippen molar-refractivity contribution < 1.29 is 14.3 Å². The van der Waals surface area contributed by atoms with E-state index in [-0.39, 0.29) is 24.3 Å². The molecule has 10 heteroatoms. The van der Waals surface area contributed by atoms with E-state index in [4.69, 9.17) is 15.5 Å². The number of nitrogens with two attached hydrogens (primary N) is 1. The first kappa shape index (κ1) is 22.5. The van der Waals surface area contributed by atoms with Crippen molar-refractivity contribution in [2.75, 3.05) is 44.7 Å². The Hall–Kier alpha value is -2.72. The van der Waals surface area contributed by atoms with E-state index in [0.717, 1.165) is 30.0 Å². The van der Waals surface area contributed by atoms with Crippen LogP contribution in [0.3, 0.4) is 0 Å². The molecule has 0 radical (unpaired) electrons. The van der Waals surface area contributed by atoms with Crippen LogP contribution in [0.25, 0.3) is 0 Å². The summed E-state index contributed by atoms with van der Waals surface area (Å²) in [4.78, 5) is 39.5. The Morgan fingerprint density at radius 3 is 2.81 bits per heavy atom. The molecule has 2 amide bonds. The average molecular weight is 444 g/mol. The molecule has 0 aromatic carbocycles. The number of anilines is 1. The molecule has 2 fully saturated rings. The molecule has 2 saturated heterocycles. The van der Waals surface area contributed by atoms with Gasteiger partial charge in [0, 0.05) is 50.7 Å². The zero-order valence-electron chi connectivity index (χ0n) is 18.8. The van der Waals surface area contributed by atoms with Gasteiger partial charge in [-0.1, -0.05) is 6.58 Å². The lowest BCUT2D eigenvalue weighted by molar-refractivity contribution is -0.129. The van der Waals surface area contributed by atoms with Crippen LogP contribution in [0.4, 0.5) is 5.82 Å². The van der Waals surface area contributed by atoms with Gasteiger partial charge in [-0.15, -0.1) is 0 Å². The number of carbonyl (C=O) groups excluding carboxylic acids is 2. The number of likely N-dealkylation sites (N-methyl/N-ethyl adjacent to an activating group) is 1. The van der Waals surface area contributed by atoms with Crippen LogP contribution in [0.5, 0.6) is 6.01 Å². The summed E-state index contributed by atoms with van der Waals surface area (Å²) < 4.78 is 6.04. The Labute approximate surface area is 188 Å². The second-order valence-electron chi connectivity index (χ2n) is 8.79. The van der Waals surface area contributed by atoms with Crippen LogP contribution < -0.4 is 20.7 Å². The highest BCUT2D eigenvalue weighted by Gasteiger charge is 2.33. The summed E-state index contributed by atoms with van der Waals surface area (Å²) in [5.41, 5.74) is 7.41. The molecule has 1 aromatic heterocycles. The number of nitrogens with zero attached hydrogens (tertiary/aromatic N) is 5. The van der Waals surface area contributed by atoms with Crippen LogP contribution in [0.15, 0.2) is 12.7 Å². The van der Waals surface area contributed by atoms with E-state index in [1.165, 1.54) is 12.5 Å². The lowest BCUT2D eigenvalue weighted by atomic mass is 10.0. The summed E-state index contributed by atoms with van der Waals surface area (Å²) in [5.74, 6) is 0.357. The zero-order chi connectivity index (χ0) is 22.7. The van der Waals surface area contributed by atoms with Crippen molar-refractivity contribution in [3.8, 4) is 6.01 Å². The van der Waals surface area contributed by atoms with Crippen LogP contribution in [-0.4, -0.2) is 83.5 Å². The summed E-state index contributed by atoms with van der Waals surface area (Å²) >= 11 is 0. The van der Waals surface area contributed by atoms with Crippen molar-refractivity contribution in [1.29, 1.82) is 0 Å². The van der Waals surface area contributed by atoms with Gasteiger partial charge < -0.3 is 30.5 Å². The maximum atomic E-state index is 12.4. The number of aromatic nitrogens is 2. The first-order chi connectivity index (χ1) is 15.5. The largest absolute Gasteiger partial charge is 0.462 e. The van der Waals surface area contributed by atoms with Gasteiger partial charge in [0.25, 0.3) is 0 Å². The molecule has 1 aromatic rings. The first-order valence-corrected chi connectivity index (χ1v) is 11.4. The molecule has 4 heterocycles. The predicted octanol–water partition coefficient (Wildman–Crippen LogP) is 0.0215. The highest BCUT2D eigenvalue weighted by Crippen LogP contribution is 2.30. The fourth-order valence-electron chi connectivity index (χ4n) is 4.83. The van der Waals surface area contributed by atoms with E-state index in [9.17, 15) is 9.59 Å². The monoisotopic (exact) mass is 443 g/mol. The third kappa shape index (κ3) is 4.86. The standard InChI is InChI=1S/C22H33N7O3/c1-3-20(31)29-10-9-28(13-15(29)6-7-19(23)30)21-17-11-24-12-18(17)25-22(26-21)32-14-16-5-4-8-27(16)2/h3,15-16,24H,1,4-14H2,2H3,(H2,23,30)/t15-,16-/m0/s1. The number of amides is 2. The summed E-state index contributed by atoms with van der Waals surface area (Å²) in [7, 11) is 2.12. The summed E-state index contributed by atoms with van der Waals surface area (Å²) in [5, 5.41) is 3.35. The molecule has 0 unspecified atom stereocenters. The molecule has 3 aliphatic rings. The molecule has 10 nitrogen and oxygen atoms in total. The second-order valence-corrected chi connectivity index (χ2v) is 8.79. The minimum absolute atomic E-state index is 0.126. The predicted molar refractivity (Wildman–Crippen MR) is 120 cm³/mol. The van der Waals surface area contributed by atoms with Crippen LogP contribution >= 0.6 is 0 Å².